The molecule has 1 aliphatic heterocycles. The summed E-state index contributed by atoms with van der Waals surface area (Å²) in [6.07, 6.45) is 7.00. The van der Waals surface area contributed by atoms with Crippen LogP contribution in [0.5, 0.6) is 0 Å². The molecule has 164 valence electrons. The van der Waals surface area contributed by atoms with Crippen molar-refractivity contribution in [3.05, 3.63) is 39.2 Å². The molecule has 1 aromatic carbocycles. The molecule has 2 heterocycles. The number of carbonyl (C=O) groups excluding carboxylic acids is 2. The lowest BCUT2D eigenvalue weighted by Crippen LogP contribution is -2.42. The molecule has 1 amide bonds. The summed E-state index contributed by atoms with van der Waals surface area (Å²) in [5.41, 5.74) is 5.44. The van der Waals surface area contributed by atoms with Gasteiger partial charge in [0.15, 0.2) is 5.69 Å². The number of nitrogens with one attached hydrogen (secondary N) is 2. The zero-order chi connectivity index (χ0) is 21.8. The molecule has 5 rings (SSSR count). The highest BCUT2D eigenvalue weighted by atomic mass is 35.5. The fourth-order valence-corrected chi connectivity index (χ4v) is 6.16. The summed E-state index contributed by atoms with van der Waals surface area (Å²) in [7, 11) is -4.11. The molecule has 0 saturated carbocycles. The SMILES string of the molecule is O=C1CCN(S(=O)(=O)NC(=O)c2coc(Nc3c4c(c(Cl)c5c3CCC5)CCC4)n2)C1. The molecule has 3 aliphatic rings. The standard InChI is InChI=1S/C20H21ClN4O5S/c21-17-12-3-1-5-14(12)18(15-6-2-4-13(15)17)23-20-22-16(10-30-20)19(27)24-31(28,29)25-8-7-11(26)9-25/h10H,1-9H2,(H,22,23)(H,24,27). The molecule has 0 spiro atoms. The minimum Gasteiger partial charge on any atom is -0.431 e. The zero-order valence-corrected chi connectivity index (χ0v) is 18.2. The van der Waals surface area contributed by atoms with Crippen molar-refractivity contribution in [2.75, 3.05) is 18.4 Å². The Balaban J connectivity index is 1.37. The second-order valence-electron chi connectivity index (χ2n) is 8.03. The Morgan fingerprint density at radius 1 is 1.06 bits per heavy atom. The molecule has 1 saturated heterocycles. The molecule has 2 N–H and O–H groups in total. The molecule has 2 aliphatic carbocycles. The molecule has 0 atom stereocenters. The van der Waals surface area contributed by atoms with Crippen molar-refractivity contribution in [1.29, 1.82) is 0 Å². The van der Waals surface area contributed by atoms with Crippen molar-refractivity contribution < 1.29 is 22.4 Å². The number of hydrogen-bond donors (Lipinski definition) is 2. The van der Waals surface area contributed by atoms with E-state index in [1.54, 1.807) is 0 Å². The number of aromatic nitrogens is 1. The third-order valence-electron chi connectivity index (χ3n) is 6.09. The first-order chi connectivity index (χ1) is 14.8. The van der Waals surface area contributed by atoms with E-state index in [9.17, 15) is 18.0 Å². The van der Waals surface area contributed by atoms with E-state index < -0.39 is 16.1 Å². The zero-order valence-electron chi connectivity index (χ0n) is 16.7. The van der Waals surface area contributed by atoms with Crippen molar-refractivity contribution in [2.45, 2.75) is 44.9 Å². The monoisotopic (exact) mass is 464 g/mol. The summed E-state index contributed by atoms with van der Waals surface area (Å²) in [5.74, 6) is -1.10. The number of Topliss-reactive ketones (excluding diaryl/α,β-unsaturated/α-hetero) is 1. The molecule has 1 aromatic heterocycles. The molecule has 31 heavy (non-hydrogen) atoms. The van der Waals surface area contributed by atoms with Gasteiger partial charge in [-0.3, -0.25) is 9.59 Å². The Morgan fingerprint density at radius 2 is 1.71 bits per heavy atom. The van der Waals surface area contributed by atoms with Crippen LogP contribution in [0, 0.1) is 0 Å². The van der Waals surface area contributed by atoms with E-state index in [0.717, 1.165) is 70.9 Å². The summed E-state index contributed by atoms with van der Waals surface area (Å²) < 4.78 is 32.9. The van der Waals surface area contributed by atoms with Crippen LogP contribution in [-0.4, -0.2) is 42.5 Å². The van der Waals surface area contributed by atoms with Gasteiger partial charge in [0.2, 0.25) is 0 Å². The van der Waals surface area contributed by atoms with Crippen molar-refractivity contribution in [3.63, 3.8) is 0 Å². The van der Waals surface area contributed by atoms with Gasteiger partial charge in [-0.1, -0.05) is 11.6 Å². The van der Waals surface area contributed by atoms with Gasteiger partial charge in [-0.05, 0) is 60.8 Å². The predicted octanol–water partition coefficient (Wildman–Crippen LogP) is 2.30. The number of anilines is 2. The number of benzene rings is 1. The number of rotatable bonds is 5. The van der Waals surface area contributed by atoms with E-state index in [4.69, 9.17) is 16.0 Å². The first-order valence-electron chi connectivity index (χ1n) is 10.2. The molecule has 9 nitrogen and oxygen atoms in total. The van der Waals surface area contributed by atoms with Gasteiger partial charge in [0.25, 0.3) is 11.9 Å². The molecule has 2 aromatic rings. The second kappa shape index (κ2) is 7.61. The highest BCUT2D eigenvalue weighted by Gasteiger charge is 2.32. The van der Waals surface area contributed by atoms with Crippen LogP contribution in [0.4, 0.5) is 11.7 Å². The minimum atomic E-state index is -4.11. The third-order valence-corrected chi connectivity index (χ3v) is 7.98. The number of amides is 1. The number of carbonyl (C=O) groups is 2. The average Bonchev–Trinajstić information content (AvgIpc) is 3.51. The van der Waals surface area contributed by atoms with Gasteiger partial charge < -0.3 is 9.73 Å². The highest BCUT2D eigenvalue weighted by molar-refractivity contribution is 7.87. The lowest BCUT2D eigenvalue weighted by molar-refractivity contribution is -0.116. The number of oxazole rings is 1. The summed E-state index contributed by atoms with van der Waals surface area (Å²) in [6.45, 7) is -0.180. The van der Waals surface area contributed by atoms with Crippen molar-refractivity contribution >= 4 is 45.2 Å². The van der Waals surface area contributed by atoms with Gasteiger partial charge in [-0.25, -0.2) is 4.72 Å². The maximum Gasteiger partial charge on any atom is 0.304 e. The molecule has 11 heteroatoms. The third kappa shape index (κ3) is 3.62. The average molecular weight is 465 g/mol. The maximum absolute atomic E-state index is 12.4. The van der Waals surface area contributed by atoms with Gasteiger partial charge in [0.1, 0.15) is 12.0 Å². The van der Waals surface area contributed by atoms with Crippen molar-refractivity contribution in [3.8, 4) is 0 Å². The fourth-order valence-electron chi connectivity index (χ4n) is 4.62. The molecule has 1 fully saturated rings. The van der Waals surface area contributed by atoms with Crippen LogP contribution in [0.25, 0.3) is 0 Å². The van der Waals surface area contributed by atoms with Crippen LogP contribution in [0.1, 0.15) is 52.0 Å². The Hall–Kier alpha value is -2.43. The Labute approximate surface area is 184 Å². The van der Waals surface area contributed by atoms with E-state index in [1.165, 1.54) is 11.1 Å². The fraction of sp³-hybridized carbons (Fsp3) is 0.450. The quantitative estimate of drug-likeness (QED) is 0.696. The van der Waals surface area contributed by atoms with Crippen LogP contribution < -0.4 is 10.0 Å². The van der Waals surface area contributed by atoms with Gasteiger partial charge in [-0.15, -0.1) is 0 Å². The van der Waals surface area contributed by atoms with E-state index in [0.29, 0.717) is 0 Å². The van der Waals surface area contributed by atoms with Crippen LogP contribution in [-0.2, 0) is 40.7 Å². The van der Waals surface area contributed by atoms with Crippen LogP contribution >= 0.6 is 11.6 Å². The van der Waals surface area contributed by atoms with Crippen molar-refractivity contribution in [1.82, 2.24) is 14.0 Å². The van der Waals surface area contributed by atoms with Gasteiger partial charge in [0, 0.05) is 23.7 Å². The lowest BCUT2D eigenvalue weighted by atomic mass is 9.98. The van der Waals surface area contributed by atoms with E-state index >= 15 is 0 Å². The first-order valence-corrected chi connectivity index (χ1v) is 12.1. The Morgan fingerprint density at radius 3 is 2.32 bits per heavy atom. The van der Waals surface area contributed by atoms with E-state index in [1.807, 2.05) is 4.72 Å². The number of halogens is 1. The van der Waals surface area contributed by atoms with Gasteiger partial charge in [0.05, 0.1) is 6.54 Å². The Bertz CT molecular complexity index is 1170. The summed E-state index contributed by atoms with van der Waals surface area (Å²) in [6, 6.07) is 0.115. The number of hydrogen-bond acceptors (Lipinski definition) is 7. The Kier molecular flexibility index (Phi) is 5.03. The number of nitrogens with zero attached hydrogens (tertiary/aromatic N) is 2. The van der Waals surface area contributed by atoms with E-state index in [2.05, 4.69) is 10.3 Å². The van der Waals surface area contributed by atoms with Crippen molar-refractivity contribution in [2.24, 2.45) is 0 Å². The molecule has 0 unspecified atom stereocenters. The number of ketones is 1. The molecule has 0 radical (unpaired) electrons. The number of fused-ring (bicyclic) bond motifs is 2. The molecular formula is C20H21ClN4O5S. The summed E-state index contributed by atoms with van der Waals surface area (Å²) >= 11 is 6.64. The minimum absolute atomic E-state index is 0.0554. The largest absolute Gasteiger partial charge is 0.431 e. The molecule has 0 bridgehead atoms. The second-order valence-corrected chi connectivity index (χ2v) is 10.1. The lowest BCUT2D eigenvalue weighted by Gasteiger charge is -2.17. The van der Waals surface area contributed by atoms with Gasteiger partial charge >= 0.3 is 10.2 Å². The smallest absolute Gasteiger partial charge is 0.304 e. The first kappa shape index (κ1) is 20.5. The van der Waals surface area contributed by atoms with Gasteiger partial charge in [-0.2, -0.15) is 17.7 Å². The highest BCUT2D eigenvalue weighted by Crippen LogP contribution is 2.44. The summed E-state index contributed by atoms with van der Waals surface area (Å²) in [5, 5.41) is 4.09. The topological polar surface area (TPSA) is 122 Å². The maximum atomic E-state index is 12.4. The van der Waals surface area contributed by atoms with E-state index in [-0.39, 0.29) is 37.0 Å². The predicted molar refractivity (Wildman–Crippen MR) is 113 cm³/mol. The van der Waals surface area contributed by atoms with Crippen LogP contribution in [0.15, 0.2) is 10.7 Å². The van der Waals surface area contributed by atoms with Crippen LogP contribution in [0.2, 0.25) is 5.02 Å². The summed E-state index contributed by atoms with van der Waals surface area (Å²) in [4.78, 5) is 27.9. The normalized spacial score (nSPS) is 18.3. The van der Waals surface area contributed by atoms with Crippen LogP contribution in [0.3, 0.4) is 0 Å². The molecular weight excluding hydrogens is 444 g/mol.